The van der Waals surface area contributed by atoms with Crippen molar-refractivity contribution in [2.45, 2.75) is 97.9 Å². The third-order valence-corrected chi connectivity index (χ3v) is 5.07. The molecule has 0 N–H and O–H groups in total. The molecule has 2 aromatic rings. The summed E-state index contributed by atoms with van der Waals surface area (Å²) in [6.07, 6.45) is 4.09. The first-order chi connectivity index (χ1) is 11.7. The van der Waals surface area contributed by atoms with Crippen LogP contribution >= 0.6 is 0 Å². The second-order valence-corrected chi connectivity index (χ2v) is 10.7. The largest absolute Gasteiger partial charge is 0.333 e. The van der Waals surface area contributed by atoms with Crippen LogP contribution in [-0.2, 0) is 29.8 Å². The minimum Gasteiger partial charge on any atom is -0.333 e. The van der Waals surface area contributed by atoms with E-state index in [1.165, 1.54) is 22.6 Å². The van der Waals surface area contributed by atoms with Gasteiger partial charge in [0.2, 0.25) is 0 Å². The first kappa shape index (κ1) is 20.7. The molecule has 0 atom stereocenters. The molecule has 0 spiro atoms. The van der Waals surface area contributed by atoms with E-state index < -0.39 is 0 Å². The topological polar surface area (TPSA) is 35.6 Å². The van der Waals surface area contributed by atoms with E-state index in [9.17, 15) is 0 Å². The Morgan fingerprint density at radius 3 is 1.92 bits per heavy atom. The summed E-state index contributed by atoms with van der Waals surface area (Å²) in [7, 11) is 2.05. The first-order valence-electron chi connectivity index (χ1n) is 9.74. The van der Waals surface area contributed by atoms with Gasteiger partial charge in [-0.05, 0) is 5.92 Å². The maximum atomic E-state index is 4.78. The smallest absolute Gasteiger partial charge is 0.0952 e. The molecule has 2 rings (SSSR count). The zero-order valence-electron chi connectivity index (χ0n) is 18.7. The number of imidazole rings is 1. The predicted octanol–water partition coefficient (Wildman–Crippen LogP) is 5.31. The van der Waals surface area contributed by atoms with Gasteiger partial charge in [-0.15, -0.1) is 0 Å². The highest BCUT2D eigenvalue weighted by molar-refractivity contribution is 5.32. The van der Waals surface area contributed by atoms with Crippen molar-refractivity contribution in [3.05, 3.63) is 35.2 Å². The van der Waals surface area contributed by atoms with Crippen LogP contribution in [0.3, 0.4) is 0 Å². The Bertz CT molecular complexity index is 761. The zero-order chi connectivity index (χ0) is 20.1. The molecular formula is C22H38N4. The van der Waals surface area contributed by atoms with Gasteiger partial charge in [-0.1, -0.05) is 69.2 Å². The highest BCUT2D eigenvalue weighted by Crippen LogP contribution is 2.37. The van der Waals surface area contributed by atoms with Gasteiger partial charge in [0.25, 0.3) is 0 Å². The van der Waals surface area contributed by atoms with E-state index >= 15 is 0 Å². The standard InChI is InChI=1S/C22H38N4/c1-15(2)17-19(21(6,7)8)26(14-23-17)13-22(9,10)16-12-24-25(11)18(16)20(3,4)5/h12,14-15H,13H2,1-11H3. The SMILES string of the molecule is CC(C)c1ncn(CC(C)(C)c2cnn(C)c2C(C)(C)C)c1C(C)(C)C. The lowest BCUT2D eigenvalue weighted by molar-refractivity contribution is 0.392. The second-order valence-electron chi connectivity index (χ2n) is 10.7. The monoisotopic (exact) mass is 358 g/mol. The van der Waals surface area contributed by atoms with E-state index in [4.69, 9.17) is 4.98 Å². The second kappa shape index (κ2) is 6.54. The number of aromatic nitrogens is 4. The van der Waals surface area contributed by atoms with Crippen LogP contribution < -0.4 is 0 Å². The van der Waals surface area contributed by atoms with E-state index in [0.29, 0.717) is 5.92 Å². The Kier molecular flexibility index (Phi) is 5.22. The van der Waals surface area contributed by atoms with E-state index in [2.05, 4.69) is 92.1 Å². The van der Waals surface area contributed by atoms with Crippen molar-refractivity contribution < 1.29 is 0 Å². The molecule has 4 nitrogen and oxygen atoms in total. The van der Waals surface area contributed by atoms with Crippen LogP contribution in [0.15, 0.2) is 12.5 Å². The third-order valence-electron chi connectivity index (χ3n) is 5.07. The lowest BCUT2D eigenvalue weighted by Crippen LogP contribution is -2.31. The third kappa shape index (κ3) is 3.89. The lowest BCUT2D eigenvalue weighted by atomic mass is 9.78. The Labute approximate surface area is 160 Å². The fourth-order valence-corrected chi connectivity index (χ4v) is 4.09. The van der Waals surface area contributed by atoms with Crippen molar-refractivity contribution in [1.82, 2.24) is 19.3 Å². The number of nitrogens with zero attached hydrogens (tertiary/aromatic N) is 4. The maximum absolute atomic E-state index is 4.78. The summed E-state index contributed by atoms with van der Waals surface area (Å²) in [5.41, 5.74) is 5.29. The van der Waals surface area contributed by atoms with Crippen LogP contribution in [0.25, 0.3) is 0 Å². The number of aryl methyl sites for hydroxylation is 1. The molecule has 2 heterocycles. The Hall–Kier alpha value is -1.58. The number of hydrogen-bond acceptors (Lipinski definition) is 2. The predicted molar refractivity (Wildman–Crippen MR) is 110 cm³/mol. The molecule has 4 heteroatoms. The zero-order valence-corrected chi connectivity index (χ0v) is 18.7. The average Bonchev–Trinajstić information content (AvgIpc) is 3.00. The Balaban J connectivity index is 2.53. The molecular weight excluding hydrogens is 320 g/mol. The van der Waals surface area contributed by atoms with E-state index in [1.54, 1.807) is 0 Å². The molecule has 0 aliphatic carbocycles. The van der Waals surface area contributed by atoms with Crippen molar-refractivity contribution in [2.75, 3.05) is 0 Å². The summed E-state index contributed by atoms with van der Waals surface area (Å²) in [6, 6.07) is 0. The van der Waals surface area contributed by atoms with Crippen molar-refractivity contribution in [1.29, 1.82) is 0 Å². The van der Waals surface area contributed by atoms with Crippen LogP contribution in [0, 0.1) is 0 Å². The molecule has 0 bridgehead atoms. The van der Waals surface area contributed by atoms with Gasteiger partial charge in [0.1, 0.15) is 0 Å². The minimum atomic E-state index is -0.0359. The molecule has 0 unspecified atom stereocenters. The van der Waals surface area contributed by atoms with Crippen LogP contribution in [0.5, 0.6) is 0 Å². The van der Waals surface area contributed by atoms with Gasteiger partial charge in [0.15, 0.2) is 0 Å². The van der Waals surface area contributed by atoms with Gasteiger partial charge in [0, 0.05) is 46.8 Å². The molecule has 146 valence electrons. The summed E-state index contributed by atoms with van der Waals surface area (Å²) < 4.78 is 4.41. The van der Waals surface area contributed by atoms with E-state index in [1.807, 2.05) is 11.0 Å². The lowest BCUT2D eigenvalue weighted by Gasteiger charge is -2.32. The van der Waals surface area contributed by atoms with Gasteiger partial charge >= 0.3 is 0 Å². The summed E-state index contributed by atoms with van der Waals surface area (Å²) >= 11 is 0. The minimum absolute atomic E-state index is 0.0359. The van der Waals surface area contributed by atoms with Gasteiger partial charge in [-0.2, -0.15) is 5.10 Å². The molecule has 2 aromatic heterocycles. The van der Waals surface area contributed by atoms with Crippen molar-refractivity contribution >= 4 is 0 Å². The molecule has 0 fully saturated rings. The fraction of sp³-hybridized carbons (Fsp3) is 0.727. The summed E-state index contributed by atoms with van der Waals surface area (Å²) in [4.78, 5) is 4.78. The molecule has 0 saturated carbocycles. The summed E-state index contributed by atoms with van der Waals surface area (Å²) in [5, 5.41) is 4.59. The summed E-state index contributed by atoms with van der Waals surface area (Å²) in [6.45, 7) is 23.6. The van der Waals surface area contributed by atoms with Gasteiger partial charge in [0.05, 0.1) is 18.2 Å². The van der Waals surface area contributed by atoms with Gasteiger partial charge in [-0.3, -0.25) is 4.68 Å². The van der Waals surface area contributed by atoms with Gasteiger partial charge in [-0.25, -0.2) is 4.98 Å². The van der Waals surface area contributed by atoms with E-state index in [0.717, 1.165) is 6.54 Å². The number of hydrogen-bond donors (Lipinski definition) is 0. The number of rotatable bonds is 4. The van der Waals surface area contributed by atoms with Crippen molar-refractivity contribution in [2.24, 2.45) is 7.05 Å². The maximum Gasteiger partial charge on any atom is 0.0952 e. The molecule has 0 saturated heterocycles. The average molecular weight is 359 g/mol. The van der Waals surface area contributed by atoms with Gasteiger partial charge < -0.3 is 4.57 Å². The molecule has 26 heavy (non-hydrogen) atoms. The first-order valence-corrected chi connectivity index (χ1v) is 9.74. The van der Waals surface area contributed by atoms with E-state index in [-0.39, 0.29) is 16.2 Å². The quantitative estimate of drug-likeness (QED) is 0.742. The normalized spacial score (nSPS) is 13.7. The highest BCUT2D eigenvalue weighted by atomic mass is 15.3. The van der Waals surface area contributed by atoms with Crippen LogP contribution in [-0.4, -0.2) is 19.3 Å². The van der Waals surface area contributed by atoms with Crippen LogP contribution in [0.2, 0.25) is 0 Å². The molecule has 0 aliphatic heterocycles. The molecule has 0 radical (unpaired) electrons. The molecule has 0 aliphatic rings. The Morgan fingerprint density at radius 2 is 1.46 bits per heavy atom. The fourth-order valence-electron chi connectivity index (χ4n) is 4.09. The van der Waals surface area contributed by atoms with Crippen LogP contribution in [0.4, 0.5) is 0 Å². The highest BCUT2D eigenvalue weighted by Gasteiger charge is 2.34. The van der Waals surface area contributed by atoms with Crippen molar-refractivity contribution in [3.63, 3.8) is 0 Å². The Morgan fingerprint density at radius 1 is 0.923 bits per heavy atom. The van der Waals surface area contributed by atoms with Crippen LogP contribution in [0.1, 0.15) is 97.8 Å². The molecule has 0 aromatic carbocycles. The summed E-state index contributed by atoms with van der Waals surface area (Å²) in [5.74, 6) is 0.428. The molecule has 0 amide bonds. The van der Waals surface area contributed by atoms with Crippen molar-refractivity contribution in [3.8, 4) is 0 Å².